The first-order chi connectivity index (χ1) is 8.16. The molecule has 0 unspecified atom stereocenters. The molecule has 0 aliphatic rings. The van der Waals surface area contributed by atoms with Gasteiger partial charge in [-0.15, -0.1) is 0 Å². The van der Waals surface area contributed by atoms with Gasteiger partial charge in [0.2, 0.25) is 0 Å². The van der Waals surface area contributed by atoms with Gasteiger partial charge in [0, 0.05) is 37.7 Å². The lowest BCUT2D eigenvalue weighted by molar-refractivity contribution is 0.808. The summed E-state index contributed by atoms with van der Waals surface area (Å²) >= 11 is 0. The third-order valence-electron chi connectivity index (χ3n) is 2.74. The molecule has 4 nitrogen and oxygen atoms in total. The first kappa shape index (κ1) is 11.6. The van der Waals surface area contributed by atoms with E-state index in [0.29, 0.717) is 5.92 Å². The van der Waals surface area contributed by atoms with Crippen LogP contribution in [0.2, 0.25) is 0 Å². The molecular formula is C13H18N4. The Kier molecular flexibility index (Phi) is 3.42. The van der Waals surface area contributed by atoms with Gasteiger partial charge in [-0.25, -0.2) is 0 Å². The minimum Gasteiger partial charge on any atom is -0.354 e. The molecule has 0 bridgehead atoms. The van der Waals surface area contributed by atoms with Crippen molar-refractivity contribution in [3.63, 3.8) is 0 Å². The van der Waals surface area contributed by atoms with Crippen molar-refractivity contribution in [2.45, 2.75) is 26.3 Å². The Bertz CT molecular complexity index is 461. The number of hydrogen-bond donors (Lipinski definition) is 1. The topological polar surface area (TPSA) is 44.8 Å². The van der Waals surface area contributed by atoms with Gasteiger partial charge >= 0.3 is 0 Å². The zero-order chi connectivity index (χ0) is 12.3. The number of aromatic amines is 1. The monoisotopic (exact) mass is 230 g/mol. The largest absolute Gasteiger partial charge is 0.354 e. The van der Waals surface area contributed by atoms with E-state index in [-0.39, 0.29) is 0 Å². The molecule has 0 aliphatic carbocycles. The van der Waals surface area contributed by atoms with Crippen LogP contribution < -0.4 is 4.90 Å². The summed E-state index contributed by atoms with van der Waals surface area (Å²) in [7, 11) is 2.04. The van der Waals surface area contributed by atoms with Crippen LogP contribution in [0.3, 0.4) is 0 Å². The number of H-pyrrole nitrogens is 1. The van der Waals surface area contributed by atoms with Crippen molar-refractivity contribution in [2.75, 3.05) is 11.9 Å². The van der Waals surface area contributed by atoms with Crippen LogP contribution in [-0.4, -0.2) is 22.2 Å². The average molecular weight is 230 g/mol. The summed E-state index contributed by atoms with van der Waals surface area (Å²) in [4.78, 5) is 6.22. The van der Waals surface area contributed by atoms with Crippen LogP contribution in [0.5, 0.6) is 0 Å². The predicted molar refractivity (Wildman–Crippen MR) is 69.0 cm³/mol. The predicted octanol–water partition coefficient (Wildman–Crippen LogP) is 2.56. The van der Waals surface area contributed by atoms with Crippen molar-refractivity contribution < 1.29 is 0 Å². The van der Waals surface area contributed by atoms with Crippen molar-refractivity contribution >= 4 is 5.82 Å². The van der Waals surface area contributed by atoms with E-state index in [1.807, 2.05) is 19.3 Å². The molecule has 0 amide bonds. The van der Waals surface area contributed by atoms with Gasteiger partial charge in [0.25, 0.3) is 0 Å². The van der Waals surface area contributed by atoms with Crippen LogP contribution in [0.4, 0.5) is 5.82 Å². The molecule has 2 aromatic heterocycles. The summed E-state index contributed by atoms with van der Waals surface area (Å²) in [6.07, 6.45) is 3.67. The molecule has 0 saturated carbocycles. The highest BCUT2D eigenvalue weighted by Crippen LogP contribution is 2.18. The van der Waals surface area contributed by atoms with Gasteiger partial charge in [-0.3, -0.25) is 10.1 Å². The molecule has 4 heteroatoms. The second-order valence-electron chi connectivity index (χ2n) is 4.55. The molecule has 0 fully saturated rings. The average Bonchev–Trinajstić information content (AvgIpc) is 2.79. The molecule has 90 valence electrons. The van der Waals surface area contributed by atoms with Gasteiger partial charge < -0.3 is 4.90 Å². The smallest absolute Gasteiger partial charge is 0.150 e. The molecule has 0 spiro atoms. The maximum Gasteiger partial charge on any atom is 0.150 e. The fraction of sp³-hybridized carbons (Fsp3) is 0.385. The SMILES string of the molecule is CC(C)c1cc(N(C)Cc2cccnc2)n[nH]1. The third-order valence-corrected chi connectivity index (χ3v) is 2.74. The van der Waals surface area contributed by atoms with Crippen LogP contribution in [0, 0.1) is 0 Å². The second kappa shape index (κ2) is 4.99. The molecule has 0 saturated heterocycles. The normalized spacial score (nSPS) is 10.8. The van der Waals surface area contributed by atoms with Crippen molar-refractivity contribution in [2.24, 2.45) is 0 Å². The van der Waals surface area contributed by atoms with Crippen molar-refractivity contribution in [3.05, 3.63) is 41.9 Å². The van der Waals surface area contributed by atoms with Gasteiger partial charge in [0.05, 0.1) is 0 Å². The molecule has 0 radical (unpaired) electrons. The molecule has 2 aromatic rings. The number of hydrogen-bond acceptors (Lipinski definition) is 3. The van der Waals surface area contributed by atoms with E-state index in [2.05, 4.69) is 46.1 Å². The molecule has 0 aliphatic heterocycles. The molecule has 0 aromatic carbocycles. The minimum absolute atomic E-state index is 0.475. The van der Waals surface area contributed by atoms with E-state index < -0.39 is 0 Å². The highest BCUT2D eigenvalue weighted by molar-refractivity contribution is 5.39. The fourth-order valence-corrected chi connectivity index (χ4v) is 1.66. The lowest BCUT2D eigenvalue weighted by atomic mass is 10.1. The Morgan fingerprint density at radius 2 is 2.24 bits per heavy atom. The van der Waals surface area contributed by atoms with Gasteiger partial charge in [-0.2, -0.15) is 5.10 Å². The lowest BCUT2D eigenvalue weighted by Crippen LogP contribution is -2.16. The van der Waals surface area contributed by atoms with Gasteiger partial charge in [0.1, 0.15) is 0 Å². The van der Waals surface area contributed by atoms with E-state index in [4.69, 9.17) is 0 Å². The third kappa shape index (κ3) is 2.84. The molecule has 17 heavy (non-hydrogen) atoms. The zero-order valence-corrected chi connectivity index (χ0v) is 10.5. The van der Waals surface area contributed by atoms with Crippen LogP contribution in [0.15, 0.2) is 30.6 Å². The maximum atomic E-state index is 4.31. The molecule has 1 N–H and O–H groups in total. The van der Waals surface area contributed by atoms with Crippen molar-refractivity contribution in [3.8, 4) is 0 Å². The summed E-state index contributed by atoms with van der Waals surface area (Å²) < 4.78 is 0. The van der Waals surface area contributed by atoms with Crippen molar-refractivity contribution in [1.29, 1.82) is 0 Å². The Morgan fingerprint density at radius 1 is 1.41 bits per heavy atom. The first-order valence-electron chi connectivity index (χ1n) is 5.82. The highest BCUT2D eigenvalue weighted by Gasteiger charge is 2.08. The Balaban J connectivity index is 2.07. The van der Waals surface area contributed by atoms with Crippen LogP contribution in [0.1, 0.15) is 31.0 Å². The van der Waals surface area contributed by atoms with Crippen molar-refractivity contribution in [1.82, 2.24) is 15.2 Å². The number of rotatable bonds is 4. The molecule has 2 rings (SSSR count). The highest BCUT2D eigenvalue weighted by atomic mass is 15.3. The first-order valence-corrected chi connectivity index (χ1v) is 5.82. The summed E-state index contributed by atoms with van der Waals surface area (Å²) in [5, 5.41) is 7.38. The van der Waals surface area contributed by atoms with E-state index in [0.717, 1.165) is 18.1 Å². The second-order valence-corrected chi connectivity index (χ2v) is 4.55. The van der Waals surface area contributed by atoms with E-state index in [9.17, 15) is 0 Å². The lowest BCUT2D eigenvalue weighted by Gasteiger charge is -2.15. The Morgan fingerprint density at radius 3 is 2.82 bits per heavy atom. The van der Waals surface area contributed by atoms with Crippen LogP contribution in [-0.2, 0) is 6.54 Å². The molecule has 0 atom stereocenters. The Hall–Kier alpha value is -1.84. The van der Waals surface area contributed by atoms with E-state index >= 15 is 0 Å². The summed E-state index contributed by atoms with van der Waals surface area (Å²) in [5.74, 6) is 1.44. The fourth-order valence-electron chi connectivity index (χ4n) is 1.66. The quantitative estimate of drug-likeness (QED) is 0.878. The number of nitrogens with zero attached hydrogens (tertiary/aromatic N) is 3. The zero-order valence-electron chi connectivity index (χ0n) is 10.5. The van der Waals surface area contributed by atoms with Crippen LogP contribution in [0.25, 0.3) is 0 Å². The van der Waals surface area contributed by atoms with E-state index in [1.165, 1.54) is 5.56 Å². The number of anilines is 1. The summed E-state index contributed by atoms with van der Waals surface area (Å²) in [6.45, 7) is 5.12. The van der Waals surface area contributed by atoms with Gasteiger partial charge in [-0.05, 0) is 17.5 Å². The number of pyridine rings is 1. The van der Waals surface area contributed by atoms with Gasteiger partial charge in [0.15, 0.2) is 5.82 Å². The molecule has 2 heterocycles. The number of aromatic nitrogens is 3. The maximum absolute atomic E-state index is 4.31. The summed E-state index contributed by atoms with van der Waals surface area (Å²) in [6, 6.07) is 6.12. The Labute approximate surface area is 102 Å². The summed E-state index contributed by atoms with van der Waals surface area (Å²) in [5.41, 5.74) is 2.35. The standard InChI is InChI=1S/C13H18N4/c1-10(2)12-7-13(16-15-12)17(3)9-11-5-4-6-14-8-11/h4-8,10H,9H2,1-3H3,(H,15,16). The van der Waals surface area contributed by atoms with Gasteiger partial charge in [-0.1, -0.05) is 19.9 Å². The minimum atomic E-state index is 0.475. The number of nitrogens with one attached hydrogen (secondary N) is 1. The van der Waals surface area contributed by atoms with Crippen LogP contribution >= 0.6 is 0 Å². The van der Waals surface area contributed by atoms with E-state index in [1.54, 1.807) is 6.20 Å². The molecular weight excluding hydrogens is 212 g/mol.